The Balaban J connectivity index is 1.67. The van der Waals surface area contributed by atoms with Crippen molar-refractivity contribution in [2.24, 2.45) is 5.73 Å². The van der Waals surface area contributed by atoms with Gasteiger partial charge in [0.15, 0.2) is 0 Å². The van der Waals surface area contributed by atoms with Gasteiger partial charge in [-0.2, -0.15) is 5.10 Å². The number of fused-ring (bicyclic) bond motifs is 1. The van der Waals surface area contributed by atoms with Gasteiger partial charge in [0.05, 0.1) is 11.3 Å². The molecule has 1 aliphatic rings. The minimum absolute atomic E-state index is 0.446. The zero-order valence-corrected chi connectivity index (χ0v) is 13.6. The summed E-state index contributed by atoms with van der Waals surface area (Å²) in [5.41, 5.74) is 8.98. The lowest BCUT2D eigenvalue weighted by atomic mass is 9.84. The Hall–Kier alpha value is -2.62. The molecule has 0 bridgehead atoms. The lowest BCUT2D eigenvalue weighted by molar-refractivity contribution is 0.100. The first-order chi connectivity index (χ1) is 11.7. The molecule has 4 rings (SSSR count). The normalized spacial score (nSPS) is 15.7. The molecule has 3 aromatic rings. The summed E-state index contributed by atoms with van der Waals surface area (Å²) >= 11 is 0. The van der Waals surface area contributed by atoms with Crippen molar-refractivity contribution in [3.8, 4) is 5.69 Å². The molecule has 0 aliphatic heterocycles. The molecule has 2 N–H and O–H groups in total. The number of carbonyl (C=O) groups is 1. The molecule has 1 saturated carbocycles. The van der Waals surface area contributed by atoms with E-state index < -0.39 is 5.91 Å². The highest BCUT2D eigenvalue weighted by molar-refractivity contribution is 6.04. The van der Waals surface area contributed by atoms with E-state index in [1.165, 1.54) is 37.7 Å². The zero-order valence-electron chi connectivity index (χ0n) is 13.6. The zero-order chi connectivity index (χ0) is 16.5. The van der Waals surface area contributed by atoms with E-state index in [1.54, 1.807) is 6.07 Å². The number of rotatable bonds is 3. The summed E-state index contributed by atoms with van der Waals surface area (Å²) in [5, 5.41) is 5.48. The van der Waals surface area contributed by atoms with Crippen molar-refractivity contribution in [3.63, 3.8) is 0 Å². The van der Waals surface area contributed by atoms with Gasteiger partial charge in [-0.25, -0.2) is 4.68 Å². The van der Waals surface area contributed by atoms with Gasteiger partial charge in [0.1, 0.15) is 5.52 Å². The van der Waals surface area contributed by atoms with Crippen LogP contribution in [0.1, 0.15) is 53.9 Å². The topological polar surface area (TPSA) is 60.9 Å². The predicted molar refractivity (Wildman–Crippen MR) is 95.4 cm³/mol. The molecule has 0 atom stereocenters. The van der Waals surface area contributed by atoms with E-state index in [2.05, 4.69) is 29.4 Å². The second-order valence-corrected chi connectivity index (χ2v) is 6.61. The van der Waals surface area contributed by atoms with Crippen LogP contribution in [-0.4, -0.2) is 15.7 Å². The number of amides is 1. The third kappa shape index (κ3) is 2.68. The summed E-state index contributed by atoms with van der Waals surface area (Å²) in [6.45, 7) is 0. The van der Waals surface area contributed by atoms with Gasteiger partial charge in [-0.1, -0.05) is 43.5 Å². The quantitative estimate of drug-likeness (QED) is 0.787. The summed E-state index contributed by atoms with van der Waals surface area (Å²) in [6, 6.07) is 14.1. The highest BCUT2D eigenvalue weighted by Crippen LogP contribution is 2.33. The molecule has 4 heteroatoms. The van der Waals surface area contributed by atoms with Crippen LogP contribution in [0.2, 0.25) is 0 Å². The Labute approximate surface area is 141 Å². The molecule has 1 aliphatic carbocycles. The number of hydrogen-bond acceptors (Lipinski definition) is 2. The van der Waals surface area contributed by atoms with Gasteiger partial charge in [0, 0.05) is 11.6 Å². The molecular weight excluding hydrogens is 298 g/mol. The van der Waals surface area contributed by atoms with Crippen LogP contribution < -0.4 is 5.73 Å². The first kappa shape index (κ1) is 14.9. The van der Waals surface area contributed by atoms with Crippen molar-refractivity contribution < 1.29 is 4.79 Å². The highest BCUT2D eigenvalue weighted by atomic mass is 16.1. The Kier molecular flexibility index (Phi) is 3.81. The van der Waals surface area contributed by atoms with Gasteiger partial charge in [0.2, 0.25) is 0 Å². The summed E-state index contributed by atoms with van der Waals surface area (Å²) in [5.74, 6) is 0.254. The molecule has 0 radical (unpaired) electrons. The van der Waals surface area contributed by atoms with Crippen LogP contribution >= 0.6 is 0 Å². The van der Waals surface area contributed by atoms with E-state index in [4.69, 9.17) is 5.73 Å². The van der Waals surface area contributed by atoms with Crippen LogP contribution in [-0.2, 0) is 0 Å². The number of nitrogens with two attached hydrogens (primary N) is 1. The fourth-order valence-corrected chi connectivity index (χ4v) is 3.71. The highest BCUT2D eigenvalue weighted by Gasteiger charge is 2.16. The molecule has 1 fully saturated rings. The summed E-state index contributed by atoms with van der Waals surface area (Å²) in [6.07, 6.45) is 8.59. The lowest BCUT2D eigenvalue weighted by Crippen LogP contribution is -2.11. The van der Waals surface area contributed by atoms with E-state index in [0.717, 1.165) is 11.1 Å². The Morgan fingerprint density at radius 1 is 1.04 bits per heavy atom. The number of carbonyl (C=O) groups excluding carboxylic acids is 1. The molecule has 1 aromatic heterocycles. The molecule has 24 heavy (non-hydrogen) atoms. The maximum Gasteiger partial charge on any atom is 0.250 e. The van der Waals surface area contributed by atoms with E-state index in [-0.39, 0.29) is 0 Å². The Bertz CT molecular complexity index is 874. The largest absolute Gasteiger partial charge is 0.366 e. The van der Waals surface area contributed by atoms with Gasteiger partial charge >= 0.3 is 0 Å². The SMILES string of the molecule is NC(=O)c1cccc2cn(-c3ccc(C4CCCCC4)cc3)nc12. The molecular formula is C20H21N3O. The monoisotopic (exact) mass is 319 g/mol. The van der Waals surface area contributed by atoms with Gasteiger partial charge in [-0.3, -0.25) is 4.79 Å². The predicted octanol–water partition coefficient (Wildman–Crippen LogP) is 4.17. The lowest BCUT2D eigenvalue weighted by Gasteiger charge is -2.22. The second kappa shape index (κ2) is 6.11. The first-order valence-electron chi connectivity index (χ1n) is 8.61. The van der Waals surface area contributed by atoms with E-state index in [1.807, 2.05) is 23.0 Å². The first-order valence-corrected chi connectivity index (χ1v) is 8.61. The molecule has 4 nitrogen and oxygen atoms in total. The standard InChI is InChI=1S/C20H21N3O/c21-20(24)18-8-4-7-16-13-23(22-19(16)18)17-11-9-15(10-12-17)14-5-2-1-3-6-14/h4,7-14H,1-3,5-6H2,(H2,21,24). The number of primary amides is 1. The van der Waals surface area contributed by atoms with Gasteiger partial charge in [-0.15, -0.1) is 0 Å². The van der Waals surface area contributed by atoms with Gasteiger partial charge in [-0.05, 0) is 42.5 Å². The molecule has 2 aromatic carbocycles. The maximum atomic E-state index is 11.6. The molecule has 0 spiro atoms. The molecule has 0 saturated heterocycles. The molecule has 1 amide bonds. The average molecular weight is 319 g/mol. The van der Waals surface area contributed by atoms with Crippen LogP contribution in [0, 0.1) is 0 Å². The van der Waals surface area contributed by atoms with Crippen molar-refractivity contribution in [1.29, 1.82) is 0 Å². The van der Waals surface area contributed by atoms with E-state index in [0.29, 0.717) is 17.0 Å². The summed E-state index contributed by atoms with van der Waals surface area (Å²) in [4.78, 5) is 11.6. The second-order valence-electron chi connectivity index (χ2n) is 6.61. The maximum absolute atomic E-state index is 11.6. The third-order valence-corrected chi connectivity index (χ3v) is 5.04. The fraction of sp³-hybridized carbons (Fsp3) is 0.300. The van der Waals surface area contributed by atoms with Crippen LogP contribution in [0.15, 0.2) is 48.7 Å². The van der Waals surface area contributed by atoms with Crippen molar-refractivity contribution in [2.75, 3.05) is 0 Å². The van der Waals surface area contributed by atoms with E-state index in [9.17, 15) is 4.79 Å². The Morgan fingerprint density at radius 2 is 1.79 bits per heavy atom. The minimum atomic E-state index is -0.446. The van der Waals surface area contributed by atoms with Crippen LogP contribution in [0.5, 0.6) is 0 Å². The molecule has 122 valence electrons. The van der Waals surface area contributed by atoms with Crippen molar-refractivity contribution in [2.45, 2.75) is 38.0 Å². The van der Waals surface area contributed by atoms with Crippen molar-refractivity contribution >= 4 is 16.8 Å². The summed E-state index contributed by atoms with van der Waals surface area (Å²) < 4.78 is 1.82. The van der Waals surface area contributed by atoms with Crippen LogP contribution in [0.3, 0.4) is 0 Å². The average Bonchev–Trinajstić information content (AvgIpc) is 3.06. The van der Waals surface area contributed by atoms with Gasteiger partial charge in [0.25, 0.3) is 5.91 Å². The van der Waals surface area contributed by atoms with Crippen molar-refractivity contribution in [3.05, 3.63) is 59.8 Å². The summed E-state index contributed by atoms with van der Waals surface area (Å²) in [7, 11) is 0. The molecule has 1 heterocycles. The third-order valence-electron chi connectivity index (χ3n) is 5.04. The number of aromatic nitrogens is 2. The van der Waals surface area contributed by atoms with Crippen LogP contribution in [0.25, 0.3) is 16.6 Å². The number of hydrogen-bond donors (Lipinski definition) is 1. The van der Waals surface area contributed by atoms with Crippen LogP contribution in [0.4, 0.5) is 0 Å². The van der Waals surface area contributed by atoms with Crippen molar-refractivity contribution in [1.82, 2.24) is 9.78 Å². The van der Waals surface area contributed by atoms with E-state index >= 15 is 0 Å². The number of benzene rings is 2. The minimum Gasteiger partial charge on any atom is -0.366 e. The number of nitrogens with zero attached hydrogens (tertiary/aromatic N) is 2. The molecule has 0 unspecified atom stereocenters. The Morgan fingerprint density at radius 3 is 2.50 bits per heavy atom. The smallest absolute Gasteiger partial charge is 0.250 e. The fourth-order valence-electron chi connectivity index (χ4n) is 3.71. The van der Waals surface area contributed by atoms with Gasteiger partial charge < -0.3 is 5.73 Å².